The smallest absolute Gasteiger partial charge is 0.287 e. The van der Waals surface area contributed by atoms with Gasteiger partial charge in [-0.2, -0.15) is 0 Å². The molecule has 0 atom stereocenters. The lowest BCUT2D eigenvalue weighted by molar-refractivity contribution is 0.0877. The van der Waals surface area contributed by atoms with E-state index in [1.165, 1.54) is 0 Å². The number of ether oxygens (including phenoxy) is 1. The molecule has 5 nitrogen and oxygen atoms in total. The monoisotopic (exact) mass is 396 g/mol. The molecule has 1 aliphatic rings. The quantitative estimate of drug-likeness (QED) is 0.795. The zero-order valence-corrected chi connectivity index (χ0v) is 16.1. The molecule has 2 heterocycles. The number of hydrogen-bond acceptors (Lipinski definition) is 4. The Labute approximate surface area is 163 Å². The number of nitrogens with zero attached hydrogens (tertiary/aromatic N) is 1. The van der Waals surface area contributed by atoms with Crippen LogP contribution < -0.4 is 10.1 Å². The minimum absolute atomic E-state index is 0.133. The number of benzene rings is 1. The van der Waals surface area contributed by atoms with Crippen LogP contribution in [0.2, 0.25) is 10.0 Å². The van der Waals surface area contributed by atoms with Crippen molar-refractivity contribution in [2.45, 2.75) is 25.8 Å². The van der Waals surface area contributed by atoms with Crippen molar-refractivity contribution in [1.82, 2.24) is 10.2 Å². The van der Waals surface area contributed by atoms with Gasteiger partial charge in [0.1, 0.15) is 12.4 Å². The molecule has 26 heavy (non-hydrogen) atoms. The molecule has 0 spiro atoms. The Hall–Kier alpha value is -1.69. The van der Waals surface area contributed by atoms with Crippen LogP contribution in [0.5, 0.6) is 5.75 Å². The first-order valence-electron chi connectivity index (χ1n) is 8.68. The summed E-state index contributed by atoms with van der Waals surface area (Å²) in [5, 5.41) is 4.17. The Morgan fingerprint density at radius 3 is 2.73 bits per heavy atom. The summed E-state index contributed by atoms with van der Waals surface area (Å²) in [7, 11) is 0. The lowest BCUT2D eigenvalue weighted by Crippen LogP contribution is -2.45. The average Bonchev–Trinajstić information content (AvgIpc) is 3.04. The van der Waals surface area contributed by atoms with E-state index in [1.807, 2.05) is 6.92 Å². The van der Waals surface area contributed by atoms with Crippen molar-refractivity contribution in [3.63, 3.8) is 0 Å². The molecule has 1 aromatic heterocycles. The Balaban J connectivity index is 1.38. The number of nitrogens with one attached hydrogen (secondary N) is 1. The topological polar surface area (TPSA) is 54.7 Å². The molecular weight excluding hydrogens is 375 g/mol. The highest BCUT2D eigenvalue weighted by atomic mass is 35.5. The van der Waals surface area contributed by atoms with Crippen LogP contribution in [0.15, 0.2) is 34.9 Å². The summed E-state index contributed by atoms with van der Waals surface area (Å²) in [5.74, 6) is 0.916. The number of likely N-dealkylation sites (tertiary alicyclic amines) is 1. The highest BCUT2D eigenvalue weighted by molar-refractivity contribution is 6.35. The molecule has 2 aromatic rings. The maximum absolute atomic E-state index is 12.2. The molecule has 0 bridgehead atoms. The average molecular weight is 397 g/mol. The van der Waals surface area contributed by atoms with Crippen LogP contribution in [0.25, 0.3) is 0 Å². The summed E-state index contributed by atoms with van der Waals surface area (Å²) in [6, 6.07) is 7.19. The van der Waals surface area contributed by atoms with Gasteiger partial charge in [0.05, 0.1) is 11.3 Å². The molecule has 0 radical (unpaired) electrons. The van der Waals surface area contributed by atoms with Gasteiger partial charge in [-0.1, -0.05) is 23.2 Å². The highest BCUT2D eigenvalue weighted by Gasteiger charge is 2.22. The van der Waals surface area contributed by atoms with E-state index in [2.05, 4.69) is 10.2 Å². The number of halogens is 2. The number of carbonyl (C=O) groups excluding carboxylic acids is 1. The minimum atomic E-state index is -0.133. The Kier molecular flexibility index (Phi) is 6.46. The molecule has 1 aliphatic heterocycles. The number of furan rings is 1. The summed E-state index contributed by atoms with van der Waals surface area (Å²) in [5.41, 5.74) is 0.859. The third kappa shape index (κ3) is 4.93. The van der Waals surface area contributed by atoms with Crippen LogP contribution in [0, 0.1) is 6.92 Å². The first kappa shape index (κ1) is 19.1. The molecule has 1 saturated heterocycles. The minimum Gasteiger partial charge on any atom is -0.491 e. The van der Waals surface area contributed by atoms with Gasteiger partial charge in [0.2, 0.25) is 0 Å². The molecular formula is C19H22Cl2N2O3. The first-order valence-corrected chi connectivity index (χ1v) is 9.43. The zero-order valence-electron chi connectivity index (χ0n) is 14.6. The molecule has 140 valence electrons. The molecule has 0 aliphatic carbocycles. The van der Waals surface area contributed by atoms with Crippen LogP contribution in [0.3, 0.4) is 0 Å². The van der Waals surface area contributed by atoms with E-state index in [9.17, 15) is 4.79 Å². The van der Waals surface area contributed by atoms with Crippen LogP contribution >= 0.6 is 23.2 Å². The number of carbonyl (C=O) groups is 1. The first-order chi connectivity index (χ1) is 12.5. The van der Waals surface area contributed by atoms with Crippen molar-refractivity contribution in [1.29, 1.82) is 0 Å². The van der Waals surface area contributed by atoms with Crippen molar-refractivity contribution in [2.24, 2.45) is 0 Å². The van der Waals surface area contributed by atoms with Gasteiger partial charge in [0.25, 0.3) is 5.91 Å². The third-order valence-electron chi connectivity index (χ3n) is 4.55. The number of aryl methyl sites for hydroxylation is 1. The molecule has 0 saturated carbocycles. The summed E-state index contributed by atoms with van der Waals surface area (Å²) < 4.78 is 11.0. The van der Waals surface area contributed by atoms with Gasteiger partial charge in [-0.05, 0) is 44.0 Å². The van der Waals surface area contributed by atoms with Gasteiger partial charge in [-0.25, -0.2) is 0 Å². The van der Waals surface area contributed by atoms with Crippen LogP contribution in [-0.4, -0.2) is 43.1 Å². The summed E-state index contributed by atoms with van der Waals surface area (Å²) in [6.45, 7) is 5.08. The fourth-order valence-corrected chi connectivity index (χ4v) is 3.50. The van der Waals surface area contributed by atoms with Crippen LogP contribution in [-0.2, 0) is 0 Å². The summed E-state index contributed by atoms with van der Waals surface area (Å²) in [6.07, 6.45) is 3.36. The van der Waals surface area contributed by atoms with Crippen molar-refractivity contribution in [3.8, 4) is 5.75 Å². The van der Waals surface area contributed by atoms with E-state index in [-0.39, 0.29) is 11.9 Å². The normalized spacial score (nSPS) is 15.8. The zero-order chi connectivity index (χ0) is 18.5. The predicted octanol–water partition coefficient (Wildman–Crippen LogP) is 4.17. The third-order valence-corrected chi connectivity index (χ3v) is 5.08. The Bertz CT molecular complexity index is 755. The van der Waals surface area contributed by atoms with Gasteiger partial charge < -0.3 is 14.5 Å². The SMILES string of the molecule is Cc1ccoc1C(=O)NC1CCN(CCOc2ccc(Cl)cc2Cl)CC1. The lowest BCUT2D eigenvalue weighted by Gasteiger charge is -2.32. The van der Waals surface area contributed by atoms with Crippen molar-refractivity contribution in [2.75, 3.05) is 26.2 Å². The van der Waals surface area contributed by atoms with Gasteiger partial charge in [0.15, 0.2) is 5.76 Å². The van der Waals surface area contributed by atoms with Crippen LogP contribution in [0.4, 0.5) is 0 Å². The summed E-state index contributed by atoms with van der Waals surface area (Å²) in [4.78, 5) is 14.5. The number of rotatable bonds is 6. The standard InChI is InChI=1S/C19H22Cl2N2O3/c1-13-6-10-26-18(13)19(24)22-15-4-7-23(8-5-15)9-11-25-17-3-2-14(20)12-16(17)21/h2-3,6,10,12,15H,4-5,7-9,11H2,1H3,(H,22,24). The van der Waals surface area contributed by atoms with Gasteiger partial charge in [0, 0.05) is 36.3 Å². The van der Waals surface area contributed by atoms with E-state index in [0.717, 1.165) is 38.0 Å². The maximum Gasteiger partial charge on any atom is 0.287 e. The van der Waals surface area contributed by atoms with Gasteiger partial charge in [-0.3, -0.25) is 9.69 Å². The molecule has 3 rings (SSSR count). The Morgan fingerprint density at radius 1 is 1.31 bits per heavy atom. The fraction of sp³-hybridized carbons (Fsp3) is 0.421. The van der Waals surface area contributed by atoms with Crippen molar-refractivity contribution < 1.29 is 13.9 Å². The van der Waals surface area contributed by atoms with Crippen LogP contribution in [0.1, 0.15) is 29.0 Å². The largest absolute Gasteiger partial charge is 0.491 e. The second-order valence-corrected chi connectivity index (χ2v) is 7.29. The maximum atomic E-state index is 12.2. The van der Waals surface area contributed by atoms with E-state index in [0.29, 0.717) is 28.2 Å². The summed E-state index contributed by atoms with van der Waals surface area (Å²) >= 11 is 12.0. The van der Waals surface area contributed by atoms with E-state index < -0.39 is 0 Å². The van der Waals surface area contributed by atoms with Gasteiger partial charge in [-0.15, -0.1) is 0 Å². The predicted molar refractivity (Wildman–Crippen MR) is 102 cm³/mol. The molecule has 1 aromatic carbocycles. The van der Waals surface area contributed by atoms with Crippen molar-refractivity contribution in [3.05, 3.63) is 51.9 Å². The molecule has 0 unspecified atom stereocenters. The fourth-order valence-electron chi connectivity index (χ4n) is 3.03. The molecule has 1 fully saturated rings. The van der Waals surface area contributed by atoms with Gasteiger partial charge >= 0.3 is 0 Å². The van der Waals surface area contributed by atoms with Crippen molar-refractivity contribution >= 4 is 29.1 Å². The van der Waals surface area contributed by atoms with E-state index >= 15 is 0 Å². The van der Waals surface area contributed by atoms with E-state index in [4.69, 9.17) is 32.4 Å². The molecule has 7 heteroatoms. The molecule has 1 N–H and O–H groups in total. The number of hydrogen-bond donors (Lipinski definition) is 1. The second-order valence-electron chi connectivity index (χ2n) is 6.45. The second kappa shape index (κ2) is 8.80. The Morgan fingerprint density at radius 2 is 2.08 bits per heavy atom. The van der Waals surface area contributed by atoms with E-state index in [1.54, 1.807) is 30.5 Å². The lowest BCUT2D eigenvalue weighted by atomic mass is 10.0. The highest BCUT2D eigenvalue weighted by Crippen LogP contribution is 2.27. The number of piperidine rings is 1. The number of amides is 1. The molecule has 1 amide bonds.